The van der Waals surface area contributed by atoms with E-state index in [9.17, 15) is 14.7 Å². The molecule has 0 aliphatic carbocycles. The van der Waals surface area contributed by atoms with Gasteiger partial charge in [0, 0.05) is 31.9 Å². The number of aryl methyl sites for hydroxylation is 1. The first kappa shape index (κ1) is 22.2. The topological polar surface area (TPSA) is 97.7 Å². The molecule has 182 valence electrons. The van der Waals surface area contributed by atoms with E-state index < -0.39 is 5.60 Å². The van der Waals surface area contributed by atoms with Gasteiger partial charge in [-0.15, -0.1) is 0 Å². The van der Waals surface area contributed by atoms with Crippen molar-refractivity contribution in [2.24, 2.45) is 7.05 Å². The van der Waals surface area contributed by atoms with Crippen LogP contribution in [0.5, 0.6) is 0 Å². The predicted octanol–water partition coefficient (Wildman–Crippen LogP) is 2.72. The van der Waals surface area contributed by atoms with E-state index in [2.05, 4.69) is 16.1 Å². The highest BCUT2D eigenvalue weighted by Gasteiger charge is 2.35. The molecule has 0 unspecified atom stereocenters. The second-order valence-electron chi connectivity index (χ2n) is 9.55. The van der Waals surface area contributed by atoms with Crippen molar-refractivity contribution >= 4 is 22.5 Å². The highest BCUT2D eigenvalue weighted by molar-refractivity contribution is 5.95. The molecule has 6 rings (SSSR count). The molecule has 0 bridgehead atoms. The number of hydrogen-bond donors (Lipinski definition) is 1. The Kier molecular flexibility index (Phi) is 5.22. The number of amides is 1. The van der Waals surface area contributed by atoms with Crippen LogP contribution in [0.25, 0.3) is 27.7 Å². The number of aliphatic hydroxyl groups is 1. The van der Waals surface area contributed by atoms with Crippen LogP contribution in [0.4, 0.5) is 0 Å². The van der Waals surface area contributed by atoms with Crippen molar-refractivity contribution in [1.29, 1.82) is 0 Å². The molecule has 0 spiro atoms. The second-order valence-corrected chi connectivity index (χ2v) is 9.55. The van der Waals surface area contributed by atoms with Crippen LogP contribution < -0.4 is 5.56 Å². The fourth-order valence-corrected chi connectivity index (χ4v) is 4.98. The first-order chi connectivity index (χ1) is 17.4. The summed E-state index contributed by atoms with van der Waals surface area (Å²) >= 11 is 0. The van der Waals surface area contributed by atoms with Gasteiger partial charge < -0.3 is 14.6 Å². The molecule has 1 aliphatic rings. The van der Waals surface area contributed by atoms with Crippen LogP contribution >= 0.6 is 0 Å². The summed E-state index contributed by atoms with van der Waals surface area (Å²) in [4.78, 5) is 32.0. The third-order valence-electron chi connectivity index (χ3n) is 7.16. The molecule has 9 nitrogen and oxygen atoms in total. The number of benzene rings is 2. The number of piperidine rings is 1. The van der Waals surface area contributed by atoms with Gasteiger partial charge in [-0.2, -0.15) is 5.10 Å². The zero-order valence-corrected chi connectivity index (χ0v) is 19.9. The van der Waals surface area contributed by atoms with Gasteiger partial charge >= 0.3 is 0 Å². The Morgan fingerprint density at radius 2 is 1.75 bits per heavy atom. The minimum atomic E-state index is -1.07. The van der Waals surface area contributed by atoms with Gasteiger partial charge in [0.25, 0.3) is 11.5 Å². The molecule has 0 saturated carbocycles. The van der Waals surface area contributed by atoms with E-state index >= 15 is 0 Å². The number of carbonyl (C=O) groups is 1. The van der Waals surface area contributed by atoms with E-state index in [0.29, 0.717) is 37.0 Å². The maximum atomic E-state index is 13.1. The van der Waals surface area contributed by atoms with Crippen LogP contribution in [-0.2, 0) is 13.6 Å². The summed E-state index contributed by atoms with van der Waals surface area (Å²) in [5.74, 6) is -0.0581. The summed E-state index contributed by atoms with van der Waals surface area (Å²) in [6, 6.07) is 17.2. The molecule has 0 radical (unpaired) electrons. The molecular weight excluding hydrogens is 456 g/mol. The minimum absolute atomic E-state index is 0.0581. The van der Waals surface area contributed by atoms with Gasteiger partial charge in [-0.3, -0.25) is 14.2 Å². The molecule has 1 N–H and O–H groups in total. The van der Waals surface area contributed by atoms with Gasteiger partial charge in [-0.05, 0) is 60.4 Å². The zero-order valence-electron chi connectivity index (χ0n) is 19.9. The smallest absolute Gasteiger partial charge is 0.277 e. The Labute approximate surface area is 206 Å². The van der Waals surface area contributed by atoms with Gasteiger partial charge in [0.2, 0.25) is 0 Å². The summed E-state index contributed by atoms with van der Waals surface area (Å²) in [6.07, 6.45) is 5.74. The van der Waals surface area contributed by atoms with E-state index in [1.807, 2.05) is 48.0 Å². The third-order valence-corrected chi connectivity index (χ3v) is 7.16. The maximum Gasteiger partial charge on any atom is 0.277 e. The normalized spacial score (nSPS) is 15.6. The number of imidazole rings is 1. The van der Waals surface area contributed by atoms with Crippen molar-refractivity contribution in [1.82, 2.24) is 28.6 Å². The molecule has 9 heteroatoms. The second kappa shape index (κ2) is 8.46. The largest absolute Gasteiger partial charge is 0.388 e. The molecule has 4 heterocycles. The van der Waals surface area contributed by atoms with Gasteiger partial charge in [0.05, 0.1) is 29.5 Å². The van der Waals surface area contributed by atoms with E-state index in [1.54, 1.807) is 29.6 Å². The van der Waals surface area contributed by atoms with E-state index in [-0.39, 0.29) is 18.0 Å². The highest BCUT2D eigenvalue weighted by atomic mass is 16.3. The Morgan fingerprint density at radius 3 is 2.53 bits per heavy atom. The molecule has 0 atom stereocenters. The average Bonchev–Trinajstić information content (AvgIpc) is 3.53. The highest BCUT2D eigenvalue weighted by Crippen LogP contribution is 2.27. The van der Waals surface area contributed by atoms with Crippen LogP contribution in [0.3, 0.4) is 0 Å². The Morgan fingerprint density at radius 1 is 1.00 bits per heavy atom. The fraction of sp³-hybridized carbons (Fsp3) is 0.259. The van der Waals surface area contributed by atoms with Crippen LogP contribution in [0.15, 0.2) is 78.2 Å². The zero-order chi connectivity index (χ0) is 24.9. The van der Waals surface area contributed by atoms with Gasteiger partial charge in [-0.25, -0.2) is 9.50 Å². The quantitative estimate of drug-likeness (QED) is 0.425. The fourth-order valence-electron chi connectivity index (χ4n) is 4.98. The summed E-state index contributed by atoms with van der Waals surface area (Å²) in [5, 5.41) is 15.4. The lowest BCUT2D eigenvalue weighted by atomic mass is 9.90. The Balaban J connectivity index is 1.13. The number of nitrogens with zero attached hydrogens (tertiary/aromatic N) is 6. The van der Waals surface area contributed by atoms with E-state index in [0.717, 1.165) is 22.2 Å². The van der Waals surface area contributed by atoms with Gasteiger partial charge in [0.15, 0.2) is 0 Å². The average molecular weight is 483 g/mol. The van der Waals surface area contributed by atoms with Crippen molar-refractivity contribution in [2.45, 2.75) is 25.0 Å². The lowest BCUT2D eigenvalue weighted by Crippen LogP contribution is -2.49. The standard InChI is InChI=1S/C27H26N6O3/c1-30-17-28-22-15-21(8-9-23(22)30)19-4-6-20(7-5-19)25(34)31-13-10-27(36,11-14-31)16-32-18-29-33-12-2-3-24(33)26(32)35/h2-9,12,15,17-18,36H,10-11,13-14,16H2,1H3. The lowest BCUT2D eigenvalue weighted by molar-refractivity contribution is -0.0300. The maximum absolute atomic E-state index is 13.1. The molecule has 36 heavy (non-hydrogen) atoms. The SMILES string of the molecule is Cn1cnc2cc(-c3ccc(C(=O)N4CCC(O)(Cn5cnn6cccc6c5=O)CC4)cc3)ccc21. The van der Waals surface area contributed by atoms with E-state index in [4.69, 9.17) is 0 Å². The van der Waals surface area contributed by atoms with Crippen molar-refractivity contribution in [2.75, 3.05) is 13.1 Å². The van der Waals surface area contributed by atoms with Crippen LogP contribution in [0.2, 0.25) is 0 Å². The minimum Gasteiger partial charge on any atom is -0.388 e. The number of likely N-dealkylation sites (tertiary alicyclic amines) is 1. The van der Waals surface area contributed by atoms with Crippen molar-refractivity contribution in [3.8, 4) is 11.1 Å². The lowest BCUT2D eigenvalue weighted by Gasteiger charge is -2.38. The summed E-state index contributed by atoms with van der Waals surface area (Å²) in [7, 11) is 1.97. The number of fused-ring (bicyclic) bond motifs is 2. The first-order valence-corrected chi connectivity index (χ1v) is 12.0. The van der Waals surface area contributed by atoms with Crippen molar-refractivity contribution < 1.29 is 9.90 Å². The number of aromatic nitrogens is 5. The van der Waals surface area contributed by atoms with Crippen molar-refractivity contribution in [3.63, 3.8) is 0 Å². The molecule has 3 aromatic heterocycles. The monoisotopic (exact) mass is 482 g/mol. The summed E-state index contributed by atoms with van der Waals surface area (Å²) < 4.78 is 4.96. The van der Waals surface area contributed by atoms with Crippen LogP contribution in [0, 0.1) is 0 Å². The molecule has 1 fully saturated rings. The molecular formula is C27H26N6O3. The number of rotatable bonds is 4. The Bertz CT molecular complexity index is 1640. The molecule has 1 saturated heterocycles. The third kappa shape index (κ3) is 3.87. The molecule has 2 aromatic carbocycles. The number of carbonyl (C=O) groups excluding carboxylic acids is 1. The molecule has 1 amide bonds. The molecule has 1 aliphatic heterocycles. The molecule has 5 aromatic rings. The first-order valence-electron chi connectivity index (χ1n) is 12.0. The van der Waals surface area contributed by atoms with Crippen LogP contribution in [-0.4, -0.2) is 58.3 Å². The summed E-state index contributed by atoms with van der Waals surface area (Å²) in [6.45, 7) is 0.990. The van der Waals surface area contributed by atoms with Gasteiger partial charge in [0.1, 0.15) is 11.8 Å². The van der Waals surface area contributed by atoms with Crippen molar-refractivity contribution in [3.05, 3.63) is 89.4 Å². The Hall–Kier alpha value is -4.24. The van der Waals surface area contributed by atoms with E-state index in [1.165, 1.54) is 15.4 Å². The summed E-state index contributed by atoms with van der Waals surface area (Å²) in [5.41, 5.74) is 3.90. The predicted molar refractivity (Wildman–Crippen MR) is 136 cm³/mol. The number of hydrogen-bond acceptors (Lipinski definition) is 5. The van der Waals surface area contributed by atoms with Gasteiger partial charge in [-0.1, -0.05) is 18.2 Å². The van der Waals surface area contributed by atoms with Crippen LogP contribution in [0.1, 0.15) is 23.2 Å².